The summed E-state index contributed by atoms with van der Waals surface area (Å²) in [7, 11) is 1.36. The molecule has 0 saturated carbocycles. The van der Waals surface area contributed by atoms with Crippen LogP contribution in [0.15, 0.2) is 0 Å². The molecule has 0 aliphatic carbocycles. The highest BCUT2D eigenvalue weighted by Gasteiger charge is 2.34. The molecule has 64 valence electrons. The maximum Gasteiger partial charge on any atom is 0.323 e. The number of likely N-dealkylation sites (tertiary alicyclic amines) is 1. The van der Waals surface area contributed by atoms with Crippen LogP contribution in [0.1, 0.15) is 6.42 Å². The van der Waals surface area contributed by atoms with Crippen LogP contribution < -0.4 is 0 Å². The number of carbonyl (C=O) groups excluding carboxylic acids is 1. The molecular formula is C7H12FNO2. The lowest BCUT2D eigenvalue weighted by atomic mass is 10.0. The monoisotopic (exact) mass is 161 g/mol. The summed E-state index contributed by atoms with van der Waals surface area (Å²) in [5.41, 5.74) is 0. The van der Waals surface area contributed by atoms with Gasteiger partial charge in [-0.1, -0.05) is 0 Å². The summed E-state index contributed by atoms with van der Waals surface area (Å²) < 4.78 is 16.3. The summed E-state index contributed by atoms with van der Waals surface area (Å²) in [6, 6.07) is -0.184. The zero-order valence-electron chi connectivity index (χ0n) is 6.55. The third kappa shape index (κ3) is 1.68. The molecule has 1 atom stereocenters. The van der Waals surface area contributed by atoms with E-state index in [9.17, 15) is 9.18 Å². The van der Waals surface area contributed by atoms with E-state index in [-0.39, 0.29) is 12.0 Å². The normalized spacial score (nSPS) is 24.4. The Balaban J connectivity index is 2.30. The molecule has 1 aliphatic rings. The van der Waals surface area contributed by atoms with E-state index in [1.807, 2.05) is 0 Å². The van der Waals surface area contributed by atoms with Gasteiger partial charge in [-0.25, -0.2) is 4.39 Å². The van der Waals surface area contributed by atoms with E-state index in [2.05, 4.69) is 4.74 Å². The van der Waals surface area contributed by atoms with E-state index >= 15 is 0 Å². The molecule has 1 rings (SSSR count). The number of carbonyl (C=O) groups is 1. The molecule has 0 radical (unpaired) electrons. The summed E-state index contributed by atoms with van der Waals surface area (Å²) >= 11 is 0. The molecule has 1 unspecified atom stereocenters. The molecule has 0 aromatic rings. The highest BCUT2D eigenvalue weighted by atomic mass is 19.1. The lowest BCUT2D eigenvalue weighted by molar-refractivity contribution is -0.151. The predicted octanol–water partition coefficient (Wildman–Crippen LogP) is 0.203. The molecule has 0 aromatic heterocycles. The van der Waals surface area contributed by atoms with Crippen LogP contribution >= 0.6 is 0 Å². The smallest absolute Gasteiger partial charge is 0.323 e. The predicted molar refractivity (Wildman–Crippen MR) is 38.0 cm³/mol. The van der Waals surface area contributed by atoms with Gasteiger partial charge in [0.1, 0.15) is 12.7 Å². The lowest BCUT2D eigenvalue weighted by Crippen LogP contribution is -2.53. The van der Waals surface area contributed by atoms with Crippen LogP contribution in [0.5, 0.6) is 0 Å². The van der Waals surface area contributed by atoms with Gasteiger partial charge < -0.3 is 4.74 Å². The second-order valence-electron chi connectivity index (χ2n) is 2.55. The quantitative estimate of drug-likeness (QED) is 0.554. The molecule has 4 heteroatoms. The highest BCUT2D eigenvalue weighted by molar-refractivity contribution is 5.76. The molecular weight excluding hydrogens is 149 g/mol. The molecule has 1 saturated heterocycles. The first-order valence-electron chi connectivity index (χ1n) is 3.67. The van der Waals surface area contributed by atoms with Crippen molar-refractivity contribution in [1.29, 1.82) is 0 Å². The van der Waals surface area contributed by atoms with Gasteiger partial charge in [-0.05, 0) is 6.42 Å². The second-order valence-corrected chi connectivity index (χ2v) is 2.55. The van der Waals surface area contributed by atoms with Gasteiger partial charge in [-0.2, -0.15) is 0 Å². The maximum atomic E-state index is 11.8. The number of rotatable bonds is 3. The molecule has 0 aromatic carbocycles. The van der Waals surface area contributed by atoms with Crippen LogP contribution in [0.25, 0.3) is 0 Å². The van der Waals surface area contributed by atoms with Crippen molar-refractivity contribution in [2.24, 2.45) is 0 Å². The van der Waals surface area contributed by atoms with Crippen molar-refractivity contribution < 1.29 is 13.9 Å². The van der Waals surface area contributed by atoms with Crippen LogP contribution in [-0.2, 0) is 9.53 Å². The molecule has 1 fully saturated rings. The molecule has 0 spiro atoms. The first-order chi connectivity index (χ1) is 5.29. The Bertz CT molecular complexity index is 151. The third-order valence-electron chi connectivity index (χ3n) is 1.98. The lowest BCUT2D eigenvalue weighted by Gasteiger charge is -2.37. The minimum atomic E-state index is -0.395. The van der Waals surface area contributed by atoms with Gasteiger partial charge >= 0.3 is 5.97 Å². The number of ether oxygens (including phenoxy) is 1. The van der Waals surface area contributed by atoms with Gasteiger partial charge in [-0.15, -0.1) is 0 Å². The van der Waals surface area contributed by atoms with Crippen molar-refractivity contribution in [2.45, 2.75) is 12.5 Å². The van der Waals surface area contributed by atoms with E-state index in [1.54, 1.807) is 4.90 Å². The Labute approximate surface area is 65.1 Å². The van der Waals surface area contributed by atoms with E-state index < -0.39 is 6.67 Å². The average Bonchev–Trinajstić information content (AvgIpc) is 1.98. The third-order valence-corrected chi connectivity index (χ3v) is 1.98. The minimum Gasteiger partial charge on any atom is -0.468 e. The fraction of sp³-hybridized carbons (Fsp3) is 0.857. The standard InChI is InChI=1S/C7H12FNO2/c1-11-7(10)6-2-4-9(6)5-3-8/h6H,2-5H2,1H3. The van der Waals surface area contributed by atoms with E-state index in [1.165, 1.54) is 7.11 Å². The molecule has 0 amide bonds. The SMILES string of the molecule is COC(=O)C1CCN1CCF. The van der Waals surface area contributed by atoms with Crippen molar-refractivity contribution in [1.82, 2.24) is 4.90 Å². The summed E-state index contributed by atoms with van der Waals surface area (Å²) in [6.45, 7) is 0.761. The molecule has 1 aliphatic heterocycles. The number of esters is 1. The first kappa shape index (κ1) is 8.46. The Kier molecular flexibility index (Phi) is 2.82. The Hall–Kier alpha value is -0.640. The van der Waals surface area contributed by atoms with E-state index in [0.717, 1.165) is 13.0 Å². The topological polar surface area (TPSA) is 29.5 Å². The Morgan fingerprint density at radius 3 is 2.91 bits per heavy atom. The van der Waals surface area contributed by atoms with Gasteiger partial charge in [0.2, 0.25) is 0 Å². The zero-order valence-corrected chi connectivity index (χ0v) is 6.55. The van der Waals surface area contributed by atoms with E-state index in [0.29, 0.717) is 6.54 Å². The Morgan fingerprint density at radius 2 is 2.55 bits per heavy atom. The molecule has 0 N–H and O–H groups in total. The highest BCUT2D eigenvalue weighted by Crippen LogP contribution is 2.17. The molecule has 0 bridgehead atoms. The number of nitrogens with zero attached hydrogens (tertiary/aromatic N) is 1. The van der Waals surface area contributed by atoms with Crippen LogP contribution in [-0.4, -0.2) is 43.8 Å². The number of methoxy groups -OCH3 is 1. The largest absolute Gasteiger partial charge is 0.468 e. The van der Waals surface area contributed by atoms with Crippen molar-refractivity contribution in [3.63, 3.8) is 0 Å². The van der Waals surface area contributed by atoms with Crippen molar-refractivity contribution in [3.8, 4) is 0 Å². The van der Waals surface area contributed by atoms with Crippen molar-refractivity contribution >= 4 is 5.97 Å². The van der Waals surface area contributed by atoms with Crippen LogP contribution in [0.3, 0.4) is 0 Å². The van der Waals surface area contributed by atoms with Gasteiger partial charge in [-0.3, -0.25) is 9.69 Å². The van der Waals surface area contributed by atoms with Crippen LogP contribution in [0.2, 0.25) is 0 Å². The Morgan fingerprint density at radius 1 is 1.82 bits per heavy atom. The zero-order chi connectivity index (χ0) is 8.27. The fourth-order valence-corrected chi connectivity index (χ4v) is 1.22. The maximum absolute atomic E-state index is 11.8. The molecule has 1 heterocycles. The van der Waals surface area contributed by atoms with Crippen molar-refractivity contribution in [2.75, 3.05) is 26.9 Å². The summed E-state index contributed by atoms with van der Waals surface area (Å²) in [5, 5.41) is 0. The molecule has 3 nitrogen and oxygen atoms in total. The summed E-state index contributed by atoms with van der Waals surface area (Å²) in [5.74, 6) is -0.246. The van der Waals surface area contributed by atoms with Gasteiger partial charge in [0.05, 0.1) is 7.11 Å². The van der Waals surface area contributed by atoms with Crippen LogP contribution in [0, 0.1) is 0 Å². The van der Waals surface area contributed by atoms with Gasteiger partial charge in [0.25, 0.3) is 0 Å². The summed E-state index contributed by atoms with van der Waals surface area (Å²) in [4.78, 5) is 12.7. The van der Waals surface area contributed by atoms with Gasteiger partial charge in [0, 0.05) is 13.1 Å². The molecule has 11 heavy (non-hydrogen) atoms. The number of hydrogen-bond donors (Lipinski definition) is 0. The second kappa shape index (κ2) is 3.67. The fourth-order valence-electron chi connectivity index (χ4n) is 1.22. The number of hydrogen-bond acceptors (Lipinski definition) is 3. The van der Waals surface area contributed by atoms with Crippen LogP contribution in [0.4, 0.5) is 4.39 Å². The minimum absolute atomic E-state index is 0.184. The number of alkyl halides is 1. The average molecular weight is 161 g/mol. The van der Waals surface area contributed by atoms with Crippen molar-refractivity contribution in [3.05, 3.63) is 0 Å². The summed E-state index contributed by atoms with van der Waals surface area (Å²) in [6.07, 6.45) is 0.798. The number of halogens is 1. The first-order valence-corrected chi connectivity index (χ1v) is 3.67. The van der Waals surface area contributed by atoms with Gasteiger partial charge in [0.15, 0.2) is 0 Å². The van der Waals surface area contributed by atoms with E-state index in [4.69, 9.17) is 0 Å².